The first-order chi connectivity index (χ1) is 22.5. The number of halogens is 1. The molecule has 0 radical (unpaired) electrons. The lowest BCUT2D eigenvalue weighted by atomic mass is 9.94. The van der Waals surface area contributed by atoms with Gasteiger partial charge < -0.3 is 24.5 Å². The highest BCUT2D eigenvalue weighted by Crippen LogP contribution is 2.38. The lowest BCUT2D eigenvalue weighted by molar-refractivity contribution is 0.199. The number of hydrogen-bond donors (Lipinski definition) is 3. The minimum Gasteiger partial charge on any atom is -0.504 e. The molecule has 47 heavy (non-hydrogen) atoms. The van der Waals surface area contributed by atoms with Gasteiger partial charge in [0.1, 0.15) is 0 Å². The number of phenolic OH excluding ortho intramolecular Hbond substituents is 1. The number of methoxy groups -OCH3 is 1. The van der Waals surface area contributed by atoms with Gasteiger partial charge in [0.25, 0.3) is 8.32 Å². The molecule has 1 aromatic heterocycles. The number of benzene rings is 3. The Hall–Kier alpha value is -3.54. The third kappa shape index (κ3) is 8.68. The fourth-order valence-electron chi connectivity index (χ4n) is 5.96. The van der Waals surface area contributed by atoms with Crippen LogP contribution in [0.3, 0.4) is 0 Å². The van der Waals surface area contributed by atoms with Crippen LogP contribution in [0.5, 0.6) is 11.5 Å². The molecule has 0 saturated heterocycles. The fraction of sp³-hybridized carbons (Fsp3) is 0.256. The van der Waals surface area contributed by atoms with E-state index < -0.39 is 14.4 Å². The second-order valence-electron chi connectivity index (χ2n) is 12.4. The van der Waals surface area contributed by atoms with Crippen molar-refractivity contribution in [1.82, 2.24) is 4.98 Å². The summed E-state index contributed by atoms with van der Waals surface area (Å²) in [5, 5.41) is 34.0. The van der Waals surface area contributed by atoms with Crippen LogP contribution in [-0.4, -0.2) is 55.0 Å². The average molecular weight is 762 g/mol. The van der Waals surface area contributed by atoms with E-state index in [0.29, 0.717) is 33.3 Å². The van der Waals surface area contributed by atoms with Crippen molar-refractivity contribution in [3.63, 3.8) is 0 Å². The third-order valence-corrected chi connectivity index (χ3v) is 14.1. The third-order valence-electron chi connectivity index (χ3n) is 8.25. The Labute approximate surface area is 293 Å². The van der Waals surface area contributed by atoms with Crippen molar-refractivity contribution >= 4 is 52.9 Å². The molecule has 0 spiro atoms. The van der Waals surface area contributed by atoms with Gasteiger partial charge in [0.15, 0.2) is 11.5 Å². The second-order valence-corrected chi connectivity index (χ2v) is 17.9. The van der Waals surface area contributed by atoms with Gasteiger partial charge in [-0.2, -0.15) is 0 Å². The number of aliphatic hydroxyl groups is 2. The van der Waals surface area contributed by atoms with Gasteiger partial charge in [-0.15, -0.1) is 0 Å². The standard InChI is InChI=1S/C39H44INO5Si/c1-28(27-46-47(39(2,3)4,31-14-8-6-9-15-31)32-16-10-7-11-17-32)33(21-23-42)36(43)20-19-30(35-18-12-13-22-41-35)24-29-25-34(40)38(44)37(26-29)45-5/h6-18,21-22,24-26,36,42-44H,1,19-20,23,27H2,2-5H3/b30-24-,33-21-. The smallest absolute Gasteiger partial charge is 0.261 e. The first-order valence-corrected chi connectivity index (χ1v) is 18.6. The largest absolute Gasteiger partial charge is 0.504 e. The summed E-state index contributed by atoms with van der Waals surface area (Å²) in [5.74, 6) is 0.478. The van der Waals surface area contributed by atoms with Gasteiger partial charge in [-0.3, -0.25) is 4.98 Å². The van der Waals surface area contributed by atoms with Gasteiger partial charge in [-0.1, -0.05) is 100 Å². The van der Waals surface area contributed by atoms with Crippen LogP contribution < -0.4 is 15.1 Å². The molecule has 0 aliphatic heterocycles. The van der Waals surface area contributed by atoms with Gasteiger partial charge in [0, 0.05) is 6.20 Å². The first-order valence-electron chi connectivity index (χ1n) is 15.6. The molecule has 1 heterocycles. The van der Waals surface area contributed by atoms with E-state index in [-0.39, 0.29) is 24.0 Å². The summed E-state index contributed by atoms with van der Waals surface area (Å²) in [4.78, 5) is 4.57. The van der Waals surface area contributed by atoms with Gasteiger partial charge in [-0.05, 0) is 103 Å². The number of allylic oxidation sites excluding steroid dienone is 1. The van der Waals surface area contributed by atoms with Crippen molar-refractivity contribution in [2.24, 2.45) is 0 Å². The highest BCUT2D eigenvalue weighted by Gasteiger charge is 2.50. The minimum absolute atomic E-state index is 0.0950. The summed E-state index contributed by atoms with van der Waals surface area (Å²) in [5.41, 5.74) is 3.72. The van der Waals surface area contributed by atoms with E-state index in [9.17, 15) is 15.3 Å². The van der Waals surface area contributed by atoms with Crippen LogP contribution >= 0.6 is 22.6 Å². The zero-order valence-electron chi connectivity index (χ0n) is 27.5. The van der Waals surface area contributed by atoms with Crippen LogP contribution in [0, 0.1) is 3.57 Å². The van der Waals surface area contributed by atoms with Crippen molar-refractivity contribution in [3.8, 4) is 11.5 Å². The number of pyridine rings is 1. The summed E-state index contributed by atoms with van der Waals surface area (Å²) in [7, 11) is -1.31. The molecular formula is C39H44INO5Si. The molecule has 3 aromatic carbocycles. The van der Waals surface area contributed by atoms with Crippen molar-refractivity contribution in [3.05, 3.63) is 136 Å². The number of phenols is 1. The number of aliphatic hydroxyl groups excluding tert-OH is 2. The topological polar surface area (TPSA) is 92.0 Å². The van der Waals surface area contributed by atoms with Gasteiger partial charge in [0.2, 0.25) is 0 Å². The number of nitrogens with zero attached hydrogens (tertiary/aromatic N) is 1. The number of ether oxygens (including phenoxy) is 1. The number of aromatic hydroxyl groups is 1. The SMILES string of the molecule is C=C(CO[Si](c1ccccc1)(c1ccccc1)C(C)(C)C)/C(=C/CO)C(O)CC/C(=C/c1cc(I)c(O)c(OC)c1)c1ccccn1. The summed E-state index contributed by atoms with van der Waals surface area (Å²) in [6.07, 6.45) is 5.30. The monoisotopic (exact) mass is 761 g/mol. The van der Waals surface area contributed by atoms with E-state index in [0.717, 1.165) is 27.2 Å². The molecule has 0 aliphatic carbocycles. The Morgan fingerprint density at radius 1 is 0.979 bits per heavy atom. The summed E-state index contributed by atoms with van der Waals surface area (Å²) in [6, 6.07) is 30.2. The van der Waals surface area contributed by atoms with Crippen LogP contribution in [0.1, 0.15) is 44.9 Å². The van der Waals surface area contributed by atoms with E-state index in [1.165, 1.54) is 7.11 Å². The maximum atomic E-state index is 11.6. The molecule has 8 heteroatoms. The highest BCUT2D eigenvalue weighted by atomic mass is 127. The van der Waals surface area contributed by atoms with Crippen LogP contribution in [0.25, 0.3) is 11.6 Å². The van der Waals surface area contributed by atoms with E-state index in [1.54, 1.807) is 18.3 Å². The molecule has 0 aliphatic rings. The van der Waals surface area contributed by atoms with E-state index in [4.69, 9.17) is 9.16 Å². The van der Waals surface area contributed by atoms with Crippen molar-refractivity contribution in [2.45, 2.75) is 44.8 Å². The first kappa shape index (κ1) is 36.3. The minimum atomic E-state index is -2.83. The average Bonchev–Trinajstić information content (AvgIpc) is 3.07. The molecule has 0 bridgehead atoms. The molecular weight excluding hydrogens is 717 g/mol. The Morgan fingerprint density at radius 3 is 2.13 bits per heavy atom. The number of aromatic nitrogens is 1. The summed E-state index contributed by atoms with van der Waals surface area (Å²) >= 11 is 2.08. The Bertz CT molecular complexity index is 1650. The zero-order valence-corrected chi connectivity index (χ0v) is 30.6. The van der Waals surface area contributed by atoms with Gasteiger partial charge in [-0.25, -0.2) is 0 Å². The Kier molecular flexibility index (Phi) is 12.8. The second kappa shape index (κ2) is 16.5. The van der Waals surface area contributed by atoms with E-state index in [1.807, 2.05) is 66.7 Å². The normalized spacial score (nSPS) is 13.3. The predicted molar refractivity (Wildman–Crippen MR) is 203 cm³/mol. The molecule has 0 amide bonds. The van der Waals surface area contributed by atoms with Gasteiger partial charge >= 0.3 is 0 Å². The quantitative estimate of drug-likeness (QED) is 0.0720. The molecule has 4 aromatic rings. The number of rotatable bonds is 14. The predicted octanol–water partition coefficient (Wildman–Crippen LogP) is 7.13. The molecule has 4 rings (SSSR count). The van der Waals surface area contributed by atoms with E-state index in [2.05, 4.69) is 79.2 Å². The van der Waals surface area contributed by atoms with Gasteiger partial charge in [0.05, 0.1) is 35.7 Å². The molecule has 1 atom stereocenters. The number of hydrogen-bond acceptors (Lipinski definition) is 6. The fourth-order valence-corrected chi connectivity index (χ4v) is 11.1. The lowest BCUT2D eigenvalue weighted by Crippen LogP contribution is -2.66. The summed E-state index contributed by atoms with van der Waals surface area (Å²) in [6.45, 7) is 11.0. The Morgan fingerprint density at radius 2 is 1.60 bits per heavy atom. The molecule has 3 N–H and O–H groups in total. The zero-order chi connectivity index (χ0) is 34.0. The van der Waals surface area contributed by atoms with Crippen LogP contribution in [0.4, 0.5) is 0 Å². The Balaban J connectivity index is 1.61. The molecule has 1 unspecified atom stereocenters. The molecule has 246 valence electrons. The van der Waals surface area contributed by atoms with Crippen molar-refractivity contribution < 1.29 is 24.5 Å². The van der Waals surface area contributed by atoms with Crippen molar-refractivity contribution in [2.75, 3.05) is 20.3 Å². The van der Waals surface area contributed by atoms with Crippen molar-refractivity contribution in [1.29, 1.82) is 0 Å². The molecule has 6 nitrogen and oxygen atoms in total. The summed E-state index contributed by atoms with van der Waals surface area (Å²) < 4.78 is 13.1. The molecule has 0 saturated carbocycles. The molecule has 0 fully saturated rings. The van der Waals surface area contributed by atoms with Crippen LogP contribution in [0.15, 0.2) is 121 Å². The van der Waals surface area contributed by atoms with Crippen LogP contribution in [0.2, 0.25) is 5.04 Å². The van der Waals surface area contributed by atoms with E-state index >= 15 is 0 Å². The van der Waals surface area contributed by atoms with Crippen LogP contribution in [-0.2, 0) is 4.43 Å². The maximum Gasteiger partial charge on any atom is 0.261 e. The maximum absolute atomic E-state index is 11.6. The lowest BCUT2D eigenvalue weighted by Gasteiger charge is -2.43. The highest BCUT2D eigenvalue weighted by molar-refractivity contribution is 14.1.